The Balaban J connectivity index is 1.54. The maximum Gasteiger partial charge on any atom is 0.421 e. The molecular weight excluding hydrogens is 367 g/mol. The van der Waals surface area contributed by atoms with E-state index in [4.69, 9.17) is 4.74 Å². The zero-order chi connectivity index (χ0) is 19.6. The lowest BCUT2D eigenvalue weighted by molar-refractivity contribution is -0.384. The number of alkyl halides is 3. The molecule has 2 aromatic rings. The summed E-state index contributed by atoms with van der Waals surface area (Å²) in [6.45, 7) is 0.305. The van der Waals surface area contributed by atoms with Crippen LogP contribution in [0.2, 0.25) is 0 Å². The minimum absolute atomic E-state index is 0.0438. The van der Waals surface area contributed by atoms with Gasteiger partial charge in [0.15, 0.2) is 0 Å². The average Bonchev–Trinajstić information content (AvgIpc) is 2.57. The van der Waals surface area contributed by atoms with E-state index < -0.39 is 28.6 Å². The molecule has 0 aliphatic carbocycles. The predicted molar refractivity (Wildman–Crippen MR) is 87.0 cm³/mol. The highest BCUT2D eigenvalue weighted by Gasteiger charge is 2.38. The van der Waals surface area contributed by atoms with Crippen LogP contribution < -0.4 is 4.74 Å². The van der Waals surface area contributed by atoms with E-state index in [0.717, 1.165) is 6.07 Å². The molecule has 0 spiro atoms. The Labute approximate surface area is 151 Å². The fourth-order valence-electron chi connectivity index (χ4n) is 2.60. The number of aromatic nitrogens is 1. The summed E-state index contributed by atoms with van der Waals surface area (Å²) in [6, 6.07) is 7.67. The number of likely N-dealkylation sites (tertiary alicyclic amines) is 1. The van der Waals surface area contributed by atoms with E-state index in [9.17, 15) is 28.1 Å². The zero-order valence-corrected chi connectivity index (χ0v) is 13.8. The first-order valence-corrected chi connectivity index (χ1v) is 7.94. The number of nitrogens with zero attached hydrogens (tertiary/aromatic N) is 3. The van der Waals surface area contributed by atoms with Crippen LogP contribution in [-0.2, 0) is 17.4 Å². The van der Waals surface area contributed by atoms with Crippen LogP contribution in [0, 0.1) is 10.1 Å². The van der Waals surface area contributed by atoms with Gasteiger partial charge in [-0.1, -0.05) is 12.1 Å². The van der Waals surface area contributed by atoms with Crippen molar-refractivity contribution < 1.29 is 27.6 Å². The standard InChI is InChI=1S/C17H14F3N3O4/c18-17(19,20)14-2-1-7-21-16(14)27-13-9-22(10-13)15(24)8-11-3-5-12(6-4-11)23(25)26/h1-7,13H,8-10H2. The molecule has 0 saturated carbocycles. The molecule has 1 aliphatic heterocycles. The van der Waals surface area contributed by atoms with E-state index in [1.807, 2.05) is 0 Å². The third kappa shape index (κ3) is 4.33. The van der Waals surface area contributed by atoms with Crippen molar-refractivity contribution in [2.24, 2.45) is 0 Å². The summed E-state index contributed by atoms with van der Waals surface area (Å²) in [5, 5.41) is 10.6. The third-order valence-corrected chi connectivity index (χ3v) is 4.06. The molecule has 1 aromatic heterocycles. The van der Waals surface area contributed by atoms with Gasteiger partial charge in [-0.2, -0.15) is 13.2 Å². The van der Waals surface area contributed by atoms with Crippen LogP contribution >= 0.6 is 0 Å². The number of hydrogen-bond acceptors (Lipinski definition) is 5. The Bertz CT molecular complexity index is 849. The molecular formula is C17H14F3N3O4. The minimum atomic E-state index is -4.57. The molecule has 0 atom stereocenters. The van der Waals surface area contributed by atoms with E-state index in [1.54, 1.807) is 0 Å². The van der Waals surface area contributed by atoms with Crippen LogP contribution in [0.4, 0.5) is 18.9 Å². The monoisotopic (exact) mass is 381 g/mol. The van der Waals surface area contributed by atoms with Gasteiger partial charge in [0.2, 0.25) is 11.8 Å². The molecule has 0 bridgehead atoms. The molecule has 1 saturated heterocycles. The number of carbonyl (C=O) groups is 1. The normalized spacial score (nSPS) is 14.6. The summed E-state index contributed by atoms with van der Waals surface area (Å²) in [4.78, 5) is 27.3. The Kier molecular flexibility index (Phi) is 4.98. The number of rotatable bonds is 5. The van der Waals surface area contributed by atoms with Crippen molar-refractivity contribution in [1.29, 1.82) is 0 Å². The second-order valence-electron chi connectivity index (χ2n) is 5.99. The summed E-state index contributed by atoms with van der Waals surface area (Å²) >= 11 is 0. The third-order valence-electron chi connectivity index (χ3n) is 4.06. The van der Waals surface area contributed by atoms with Gasteiger partial charge in [-0.25, -0.2) is 4.98 Å². The molecule has 3 rings (SSSR count). The number of nitro benzene ring substituents is 1. The second kappa shape index (κ2) is 7.22. The highest BCUT2D eigenvalue weighted by molar-refractivity contribution is 5.79. The van der Waals surface area contributed by atoms with Crippen LogP contribution in [0.25, 0.3) is 0 Å². The molecule has 0 unspecified atom stereocenters. The number of benzene rings is 1. The smallest absolute Gasteiger partial charge is 0.421 e. The molecule has 0 N–H and O–H groups in total. The number of ether oxygens (including phenoxy) is 1. The van der Waals surface area contributed by atoms with Crippen LogP contribution in [0.5, 0.6) is 5.88 Å². The van der Waals surface area contributed by atoms with Gasteiger partial charge in [0.25, 0.3) is 5.69 Å². The number of pyridine rings is 1. The van der Waals surface area contributed by atoms with Gasteiger partial charge in [-0.3, -0.25) is 14.9 Å². The molecule has 7 nitrogen and oxygen atoms in total. The lowest BCUT2D eigenvalue weighted by Crippen LogP contribution is -2.56. The lowest BCUT2D eigenvalue weighted by atomic mass is 10.1. The Hall–Kier alpha value is -3.17. The SMILES string of the molecule is O=C(Cc1ccc([N+](=O)[O-])cc1)N1CC(Oc2ncccc2C(F)(F)F)C1. The summed E-state index contributed by atoms with van der Waals surface area (Å²) in [6.07, 6.45) is -3.89. The van der Waals surface area contributed by atoms with Crippen molar-refractivity contribution in [2.45, 2.75) is 18.7 Å². The first-order chi connectivity index (χ1) is 12.7. The van der Waals surface area contributed by atoms with Gasteiger partial charge >= 0.3 is 6.18 Å². The van der Waals surface area contributed by atoms with Gasteiger partial charge in [0.1, 0.15) is 11.7 Å². The molecule has 1 aromatic carbocycles. The van der Waals surface area contributed by atoms with Gasteiger partial charge < -0.3 is 9.64 Å². The molecule has 1 aliphatic rings. The molecule has 142 valence electrons. The maximum atomic E-state index is 12.9. The van der Waals surface area contributed by atoms with Gasteiger partial charge in [0.05, 0.1) is 24.4 Å². The van der Waals surface area contributed by atoms with Crippen LogP contribution in [-0.4, -0.2) is 39.9 Å². The van der Waals surface area contributed by atoms with Crippen molar-refractivity contribution in [3.63, 3.8) is 0 Å². The first kappa shape index (κ1) is 18.6. The molecule has 10 heteroatoms. The summed E-state index contributed by atoms with van der Waals surface area (Å²) in [7, 11) is 0. The van der Waals surface area contributed by atoms with Gasteiger partial charge in [0, 0.05) is 18.3 Å². The molecule has 0 radical (unpaired) electrons. The summed E-state index contributed by atoms with van der Waals surface area (Å²) in [5.74, 6) is -0.738. The Morgan fingerprint density at radius 1 is 1.26 bits per heavy atom. The highest BCUT2D eigenvalue weighted by Crippen LogP contribution is 2.35. The quantitative estimate of drug-likeness (QED) is 0.587. The number of amides is 1. The largest absolute Gasteiger partial charge is 0.470 e. The number of carbonyl (C=O) groups excluding carboxylic acids is 1. The van der Waals surface area contributed by atoms with Crippen LogP contribution in [0.3, 0.4) is 0 Å². The lowest BCUT2D eigenvalue weighted by Gasteiger charge is -2.39. The predicted octanol–water partition coefficient (Wildman–Crippen LogP) is 2.84. The van der Waals surface area contributed by atoms with Crippen molar-refractivity contribution in [1.82, 2.24) is 9.88 Å². The first-order valence-electron chi connectivity index (χ1n) is 7.94. The average molecular weight is 381 g/mol. The van der Waals surface area contributed by atoms with Crippen molar-refractivity contribution in [3.05, 3.63) is 63.8 Å². The molecule has 1 fully saturated rings. The van der Waals surface area contributed by atoms with Crippen molar-refractivity contribution >= 4 is 11.6 Å². The fraction of sp³-hybridized carbons (Fsp3) is 0.294. The minimum Gasteiger partial charge on any atom is -0.470 e. The van der Waals surface area contributed by atoms with E-state index in [-0.39, 0.29) is 31.1 Å². The number of hydrogen-bond donors (Lipinski definition) is 0. The zero-order valence-electron chi connectivity index (χ0n) is 13.8. The van der Waals surface area contributed by atoms with E-state index in [2.05, 4.69) is 4.98 Å². The van der Waals surface area contributed by atoms with E-state index in [1.165, 1.54) is 41.4 Å². The summed E-state index contributed by atoms with van der Waals surface area (Å²) < 4.78 is 44.0. The highest BCUT2D eigenvalue weighted by atomic mass is 19.4. The number of halogens is 3. The summed E-state index contributed by atoms with van der Waals surface area (Å²) in [5.41, 5.74) is -0.417. The van der Waals surface area contributed by atoms with E-state index in [0.29, 0.717) is 5.56 Å². The topological polar surface area (TPSA) is 85.6 Å². The fourth-order valence-corrected chi connectivity index (χ4v) is 2.60. The van der Waals surface area contributed by atoms with Gasteiger partial charge in [-0.15, -0.1) is 0 Å². The molecule has 1 amide bonds. The van der Waals surface area contributed by atoms with Crippen molar-refractivity contribution in [3.8, 4) is 5.88 Å². The number of non-ortho nitro benzene ring substituents is 1. The second-order valence-corrected chi connectivity index (χ2v) is 5.99. The number of nitro groups is 1. The van der Waals surface area contributed by atoms with Gasteiger partial charge in [-0.05, 0) is 17.7 Å². The molecule has 27 heavy (non-hydrogen) atoms. The Morgan fingerprint density at radius 3 is 2.52 bits per heavy atom. The Morgan fingerprint density at radius 2 is 1.93 bits per heavy atom. The molecule has 2 heterocycles. The van der Waals surface area contributed by atoms with Crippen LogP contribution in [0.15, 0.2) is 42.6 Å². The van der Waals surface area contributed by atoms with E-state index >= 15 is 0 Å². The maximum absolute atomic E-state index is 12.9. The van der Waals surface area contributed by atoms with Crippen molar-refractivity contribution in [2.75, 3.05) is 13.1 Å². The van der Waals surface area contributed by atoms with Crippen LogP contribution in [0.1, 0.15) is 11.1 Å².